The van der Waals surface area contributed by atoms with Gasteiger partial charge in [-0.1, -0.05) is 0 Å². The number of hydrazine groups is 1. The van der Waals surface area contributed by atoms with Crippen LogP contribution < -0.4 is 11.3 Å². The Bertz CT molecular complexity index is 501. The lowest BCUT2D eigenvalue weighted by molar-refractivity contribution is 0.835. The standard InChI is InChI=1S/C11H13N5/c12-14-11-7-9(3-5-13-11)16-6-4-10(15-16)8-1-2-8/h3-8H,1-2,12H2,(H,13,14). The van der Waals surface area contributed by atoms with Gasteiger partial charge in [-0.05, 0) is 25.0 Å². The van der Waals surface area contributed by atoms with Crippen molar-refractivity contribution in [3.05, 3.63) is 36.3 Å². The van der Waals surface area contributed by atoms with Gasteiger partial charge in [0.25, 0.3) is 0 Å². The zero-order valence-electron chi connectivity index (χ0n) is 8.80. The molecule has 0 aliphatic heterocycles. The topological polar surface area (TPSA) is 68.8 Å². The lowest BCUT2D eigenvalue weighted by Gasteiger charge is -2.03. The predicted octanol–water partition coefficient (Wildman–Crippen LogP) is 1.43. The minimum absolute atomic E-state index is 0.640. The van der Waals surface area contributed by atoms with Gasteiger partial charge >= 0.3 is 0 Å². The van der Waals surface area contributed by atoms with Crippen molar-refractivity contribution in [2.45, 2.75) is 18.8 Å². The van der Waals surface area contributed by atoms with Gasteiger partial charge in [-0.2, -0.15) is 5.10 Å². The number of pyridine rings is 1. The van der Waals surface area contributed by atoms with E-state index in [-0.39, 0.29) is 0 Å². The summed E-state index contributed by atoms with van der Waals surface area (Å²) in [6, 6.07) is 5.85. The molecule has 0 saturated heterocycles. The molecule has 1 aliphatic carbocycles. The zero-order chi connectivity index (χ0) is 11.0. The van der Waals surface area contributed by atoms with Crippen LogP contribution in [0.25, 0.3) is 5.69 Å². The second-order valence-electron chi connectivity index (χ2n) is 4.00. The molecule has 0 aromatic carbocycles. The maximum absolute atomic E-state index is 5.32. The van der Waals surface area contributed by atoms with Crippen molar-refractivity contribution in [3.63, 3.8) is 0 Å². The quantitative estimate of drug-likeness (QED) is 0.600. The molecule has 0 amide bonds. The molecule has 2 aromatic rings. The molecule has 0 atom stereocenters. The highest BCUT2D eigenvalue weighted by Gasteiger charge is 2.25. The van der Waals surface area contributed by atoms with Crippen LogP contribution in [0.4, 0.5) is 5.82 Å². The number of nitrogens with two attached hydrogens (primary N) is 1. The van der Waals surface area contributed by atoms with E-state index in [2.05, 4.69) is 21.6 Å². The molecular formula is C11H13N5. The van der Waals surface area contributed by atoms with Gasteiger partial charge < -0.3 is 5.43 Å². The molecule has 5 nitrogen and oxygen atoms in total. The maximum atomic E-state index is 5.32. The average Bonchev–Trinajstić information content (AvgIpc) is 3.07. The van der Waals surface area contributed by atoms with Crippen molar-refractivity contribution in [2.75, 3.05) is 5.43 Å². The van der Waals surface area contributed by atoms with E-state index in [0.29, 0.717) is 11.7 Å². The van der Waals surface area contributed by atoms with E-state index in [1.54, 1.807) is 6.20 Å². The predicted molar refractivity (Wildman–Crippen MR) is 61.1 cm³/mol. The fourth-order valence-electron chi connectivity index (χ4n) is 1.72. The van der Waals surface area contributed by atoms with Crippen LogP contribution in [0.5, 0.6) is 0 Å². The van der Waals surface area contributed by atoms with Gasteiger partial charge in [0.2, 0.25) is 0 Å². The van der Waals surface area contributed by atoms with Gasteiger partial charge in [-0.3, -0.25) is 0 Å². The molecular weight excluding hydrogens is 202 g/mol. The zero-order valence-corrected chi connectivity index (χ0v) is 8.80. The Morgan fingerprint density at radius 3 is 3.00 bits per heavy atom. The molecule has 1 saturated carbocycles. The first-order valence-electron chi connectivity index (χ1n) is 5.35. The van der Waals surface area contributed by atoms with Crippen LogP contribution in [0.15, 0.2) is 30.6 Å². The molecule has 82 valence electrons. The highest BCUT2D eigenvalue weighted by molar-refractivity contribution is 5.43. The van der Waals surface area contributed by atoms with Crippen LogP contribution >= 0.6 is 0 Å². The molecule has 1 aliphatic rings. The minimum Gasteiger partial charge on any atom is -0.308 e. The normalized spacial score (nSPS) is 15.1. The lowest BCUT2D eigenvalue weighted by Crippen LogP contribution is -2.09. The van der Waals surface area contributed by atoms with Gasteiger partial charge in [-0.15, -0.1) is 0 Å². The van der Waals surface area contributed by atoms with E-state index in [0.717, 1.165) is 5.69 Å². The summed E-state index contributed by atoms with van der Waals surface area (Å²) in [4.78, 5) is 4.06. The van der Waals surface area contributed by atoms with Crippen LogP contribution in [-0.4, -0.2) is 14.8 Å². The van der Waals surface area contributed by atoms with E-state index >= 15 is 0 Å². The summed E-state index contributed by atoms with van der Waals surface area (Å²) in [7, 11) is 0. The Hall–Kier alpha value is -1.88. The molecule has 5 heteroatoms. The third-order valence-electron chi connectivity index (χ3n) is 2.76. The molecule has 16 heavy (non-hydrogen) atoms. The molecule has 2 heterocycles. The van der Waals surface area contributed by atoms with Crippen LogP contribution in [-0.2, 0) is 0 Å². The van der Waals surface area contributed by atoms with Gasteiger partial charge in [0.15, 0.2) is 0 Å². The van der Waals surface area contributed by atoms with Crippen LogP contribution in [0, 0.1) is 0 Å². The Morgan fingerprint density at radius 2 is 2.25 bits per heavy atom. The SMILES string of the molecule is NNc1cc(-n2ccc(C3CC3)n2)ccn1. The first kappa shape index (κ1) is 9.35. The average molecular weight is 215 g/mol. The third kappa shape index (κ3) is 1.65. The van der Waals surface area contributed by atoms with E-state index in [1.165, 1.54) is 18.5 Å². The number of hydrogen-bond acceptors (Lipinski definition) is 4. The number of nitrogens with zero attached hydrogens (tertiary/aromatic N) is 3. The largest absolute Gasteiger partial charge is 0.308 e. The van der Waals surface area contributed by atoms with Gasteiger partial charge in [-0.25, -0.2) is 15.5 Å². The second-order valence-corrected chi connectivity index (χ2v) is 4.00. The van der Waals surface area contributed by atoms with Crippen LogP contribution in [0.3, 0.4) is 0 Å². The van der Waals surface area contributed by atoms with Gasteiger partial charge in [0.1, 0.15) is 5.82 Å². The summed E-state index contributed by atoms with van der Waals surface area (Å²) in [5.74, 6) is 6.63. The highest BCUT2D eigenvalue weighted by atomic mass is 15.3. The van der Waals surface area contributed by atoms with E-state index < -0.39 is 0 Å². The number of hydrogen-bond donors (Lipinski definition) is 2. The Balaban J connectivity index is 1.93. The van der Waals surface area contributed by atoms with Crippen molar-refractivity contribution >= 4 is 5.82 Å². The van der Waals surface area contributed by atoms with E-state index in [1.807, 2.05) is 23.0 Å². The van der Waals surface area contributed by atoms with Crippen molar-refractivity contribution in [2.24, 2.45) is 5.84 Å². The number of anilines is 1. The molecule has 0 bridgehead atoms. The fraction of sp³-hybridized carbons (Fsp3) is 0.273. The molecule has 0 radical (unpaired) electrons. The molecule has 0 spiro atoms. The Kier molecular flexibility index (Phi) is 2.11. The molecule has 3 rings (SSSR count). The monoisotopic (exact) mass is 215 g/mol. The third-order valence-corrected chi connectivity index (χ3v) is 2.76. The number of aromatic nitrogens is 3. The summed E-state index contributed by atoms with van der Waals surface area (Å²) < 4.78 is 1.86. The first-order valence-corrected chi connectivity index (χ1v) is 5.35. The fourth-order valence-corrected chi connectivity index (χ4v) is 1.72. The summed E-state index contributed by atoms with van der Waals surface area (Å²) in [6.07, 6.45) is 6.22. The van der Waals surface area contributed by atoms with Crippen molar-refractivity contribution < 1.29 is 0 Å². The molecule has 3 N–H and O–H groups in total. The van der Waals surface area contributed by atoms with Gasteiger partial charge in [0, 0.05) is 24.4 Å². The smallest absolute Gasteiger partial charge is 0.142 e. The van der Waals surface area contributed by atoms with Crippen molar-refractivity contribution in [3.8, 4) is 5.69 Å². The number of nitrogens with one attached hydrogen (secondary N) is 1. The van der Waals surface area contributed by atoms with E-state index in [9.17, 15) is 0 Å². The van der Waals surface area contributed by atoms with Crippen molar-refractivity contribution in [1.29, 1.82) is 0 Å². The van der Waals surface area contributed by atoms with Crippen molar-refractivity contribution in [1.82, 2.24) is 14.8 Å². The lowest BCUT2D eigenvalue weighted by atomic mass is 10.3. The number of rotatable bonds is 3. The Labute approximate surface area is 93.3 Å². The summed E-state index contributed by atoms with van der Waals surface area (Å²) in [5.41, 5.74) is 4.67. The Morgan fingerprint density at radius 1 is 1.38 bits per heavy atom. The van der Waals surface area contributed by atoms with Gasteiger partial charge in [0.05, 0.1) is 11.4 Å². The summed E-state index contributed by atoms with van der Waals surface area (Å²) >= 11 is 0. The molecule has 0 unspecified atom stereocenters. The molecule has 1 fully saturated rings. The molecule has 2 aromatic heterocycles. The maximum Gasteiger partial charge on any atom is 0.142 e. The second kappa shape index (κ2) is 3.61. The highest BCUT2D eigenvalue weighted by Crippen LogP contribution is 2.39. The first-order chi connectivity index (χ1) is 7.86. The summed E-state index contributed by atoms with van der Waals surface area (Å²) in [6.45, 7) is 0. The number of nitrogen functional groups attached to an aromatic ring is 1. The van der Waals surface area contributed by atoms with Crippen LogP contribution in [0.2, 0.25) is 0 Å². The van der Waals surface area contributed by atoms with Crippen LogP contribution in [0.1, 0.15) is 24.5 Å². The van der Waals surface area contributed by atoms with E-state index in [4.69, 9.17) is 5.84 Å². The summed E-state index contributed by atoms with van der Waals surface area (Å²) in [5, 5.41) is 4.54. The minimum atomic E-state index is 0.640.